The molecular weight excluding hydrogens is 406 g/mol. The summed E-state index contributed by atoms with van der Waals surface area (Å²) in [5.41, 5.74) is 0.941. The molecule has 0 spiro atoms. The highest BCUT2D eigenvalue weighted by molar-refractivity contribution is 7.91. The van der Waals surface area contributed by atoms with E-state index in [1.165, 1.54) is 0 Å². The van der Waals surface area contributed by atoms with Crippen LogP contribution in [-0.4, -0.2) is 76.7 Å². The fourth-order valence-electron chi connectivity index (χ4n) is 3.72. The van der Waals surface area contributed by atoms with Crippen molar-refractivity contribution < 1.29 is 8.42 Å². The first-order chi connectivity index (χ1) is 12.9. The van der Waals surface area contributed by atoms with Crippen molar-refractivity contribution in [2.24, 2.45) is 0 Å². The first-order valence-corrected chi connectivity index (χ1v) is 11.6. The van der Waals surface area contributed by atoms with Crippen LogP contribution in [0.25, 0.3) is 11.4 Å². The summed E-state index contributed by atoms with van der Waals surface area (Å²) in [5, 5.41) is 3.95. The van der Waals surface area contributed by atoms with Crippen LogP contribution in [-0.2, 0) is 16.5 Å². The van der Waals surface area contributed by atoms with Crippen molar-refractivity contribution >= 4 is 33.7 Å². The minimum atomic E-state index is -2.83. The normalized spacial score (nSPS) is 23.7. The van der Waals surface area contributed by atoms with Gasteiger partial charge in [-0.1, -0.05) is 11.6 Å². The second-order valence-corrected chi connectivity index (χ2v) is 10.2. The van der Waals surface area contributed by atoms with Crippen LogP contribution in [0.3, 0.4) is 0 Å². The Morgan fingerprint density at radius 3 is 2.52 bits per heavy atom. The molecule has 0 amide bonds. The van der Waals surface area contributed by atoms with Crippen molar-refractivity contribution in [1.29, 1.82) is 0 Å². The molecule has 27 heavy (non-hydrogen) atoms. The Morgan fingerprint density at radius 2 is 1.89 bits per heavy atom. The lowest BCUT2D eigenvalue weighted by Crippen LogP contribution is -2.50. The number of aromatic nitrogens is 3. The van der Waals surface area contributed by atoms with E-state index in [0.717, 1.165) is 44.0 Å². The van der Waals surface area contributed by atoms with Gasteiger partial charge >= 0.3 is 0 Å². The van der Waals surface area contributed by atoms with Crippen molar-refractivity contribution in [2.75, 3.05) is 37.7 Å². The van der Waals surface area contributed by atoms with Gasteiger partial charge in [-0.05, 0) is 42.9 Å². The van der Waals surface area contributed by atoms with E-state index in [4.69, 9.17) is 23.8 Å². The number of aromatic amines is 1. The molecule has 0 saturated carbocycles. The number of hydrogen-bond donors (Lipinski definition) is 1. The number of nitrogens with zero attached hydrogens (tertiary/aromatic N) is 4. The Bertz CT molecular complexity index is 962. The fraction of sp³-hybridized carbons (Fsp3) is 0.529. The Kier molecular flexibility index (Phi) is 5.39. The van der Waals surface area contributed by atoms with E-state index in [2.05, 4.69) is 19.9 Å². The monoisotopic (exact) mass is 427 g/mol. The van der Waals surface area contributed by atoms with Crippen molar-refractivity contribution in [3.05, 3.63) is 34.1 Å². The van der Waals surface area contributed by atoms with Crippen LogP contribution in [0, 0.1) is 4.77 Å². The number of hydrogen-bond acceptors (Lipinski definition) is 6. The number of halogens is 1. The predicted molar refractivity (Wildman–Crippen MR) is 108 cm³/mol. The molecular formula is C17H22ClN5O2S2. The quantitative estimate of drug-likeness (QED) is 0.752. The summed E-state index contributed by atoms with van der Waals surface area (Å²) in [6.07, 6.45) is 0.762. The molecule has 2 fully saturated rings. The van der Waals surface area contributed by atoms with Gasteiger partial charge in [-0.3, -0.25) is 14.9 Å². The van der Waals surface area contributed by atoms with Gasteiger partial charge < -0.3 is 0 Å². The molecule has 2 aliphatic rings. The molecule has 10 heteroatoms. The van der Waals surface area contributed by atoms with Crippen LogP contribution in [0.5, 0.6) is 0 Å². The van der Waals surface area contributed by atoms with Gasteiger partial charge in [0.1, 0.15) is 0 Å². The number of benzene rings is 1. The van der Waals surface area contributed by atoms with E-state index < -0.39 is 9.84 Å². The summed E-state index contributed by atoms with van der Waals surface area (Å²) >= 11 is 11.3. The molecule has 2 saturated heterocycles. The third-order valence-corrected chi connectivity index (χ3v) is 7.58. The lowest BCUT2D eigenvalue weighted by molar-refractivity contribution is 0.0809. The van der Waals surface area contributed by atoms with Gasteiger partial charge in [0.15, 0.2) is 15.7 Å². The fourth-order valence-corrected chi connectivity index (χ4v) is 5.80. The molecule has 1 N–H and O–H groups in total. The average molecular weight is 428 g/mol. The maximum absolute atomic E-state index is 11.7. The topological polar surface area (TPSA) is 74.2 Å². The van der Waals surface area contributed by atoms with Crippen LogP contribution < -0.4 is 0 Å². The zero-order chi connectivity index (χ0) is 19.0. The van der Waals surface area contributed by atoms with Crippen molar-refractivity contribution in [3.8, 4) is 11.4 Å². The number of piperazine rings is 1. The van der Waals surface area contributed by atoms with Crippen molar-refractivity contribution in [3.63, 3.8) is 0 Å². The molecule has 0 aliphatic carbocycles. The molecule has 3 heterocycles. The molecule has 146 valence electrons. The summed E-state index contributed by atoms with van der Waals surface area (Å²) in [6.45, 7) is 4.18. The van der Waals surface area contributed by atoms with Gasteiger partial charge in [0.25, 0.3) is 0 Å². The Labute approximate surface area is 168 Å². The first-order valence-electron chi connectivity index (χ1n) is 8.99. The molecule has 1 aromatic heterocycles. The minimum absolute atomic E-state index is 0.183. The van der Waals surface area contributed by atoms with Gasteiger partial charge in [0.05, 0.1) is 18.2 Å². The van der Waals surface area contributed by atoms with Gasteiger partial charge in [-0.2, -0.15) is 4.98 Å². The van der Waals surface area contributed by atoms with E-state index in [0.29, 0.717) is 28.0 Å². The Morgan fingerprint density at radius 1 is 1.19 bits per heavy atom. The molecule has 0 bridgehead atoms. The summed E-state index contributed by atoms with van der Waals surface area (Å²) < 4.78 is 25.8. The summed E-state index contributed by atoms with van der Waals surface area (Å²) in [6, 6.07) is 7.66. The Balaban J connectivity index is 1.37. The van der Waals surface area contributed by atoms with Gasteiger partial charge in [0, 0.05) is 42.8 Å². The zero-order valence-corrected chi connectivity index (χ0v) is 17.2. The SMILES string of the molecule is O=S1(=O)CCC(N2CCN(Cn3[nH]c(-c4ccc(Cl)cc4)nc3=S)CC2)C1. The molecule has 1 atom stereocenters. The van der Waals surface area contributed by atoms with Gasteiger partial charge in [-0.25, -0.2) is 13.1 Å². The molecule has 7 nitrogen and oxygen atoms in total. The van der Waals surface area contributed by atoms with E-state index >= 15 is 0 Å². The molecule has 1 unspecified atom stereocenters. The van der Waals surface area contributed by atoms with Gasteiger partial charge in [0.2, 0.25) is 4.77 Å². The lowest BCUT2D eigenvalue weighted by Gasteiger charge is -2.37. The smallest absolute Gasteiger partial charge is 0.217 e. The molecule has 2 aromatic rings. The highest BCUT2D eigenvalue weighted by atomic mass is 35.5. The molecule has 0 radical (unpaired) electrons. The molecule has 4 rings (SSSR count). The maximum Gasteiger partial charge on any atom is 0.217 e. The van der Waals surface area contributed by atoms with Crippen LogP contribution in [0.2, 0.25) is 5.02 Å². The third kappa shape index (κ3) is 4.43. The van der Waals surface area contributed by atoms with Crippen LogP contribution in [0.15, 0.2) is 24.3 Å². The molecule has 2 aliphatic heterocycles. The lowest BCUT2D eigenvalue weighted by atomic mass is 10.2. The maximum atomic E-state index is 11.7. The standard InChI is InChI=1S/C17H22ClN5O2S2/c18-14-3-1-13(2-4-14)16-19-17(26)23(20-16)12-21-6-8-22(9-7-21)15-5-10-27(24,25)11-15/h1-4,15H,5-12H2,(H,19,20,26). The average Bonchev–Trinajstić information content (AvgIpc) is 3.19. The number of rotatable bonds is 4. The first kappa shape index (κ1) is 19.1. The minimum Gasteiger partial charge on any atom is -0.297 e. The largest absolute Gasteiger partial charge is 0.297 e. The summed E-state index contributed by atoms with van der Waals surface area (Å²) in [4.78, 5) is 9.06. The molecule has 1 aromatic carbocycles. The van der Waals surface area contributed by atoms with Crippen LogP contribution in [0.1, 0.15) is 6.42 Å². The highest BCUT2D eigenvalue weighted by Gasteiger charge is 2.33. The number of sulfone groups is 1. The van der Waals surface area contributed by atoms with E-state index in [1.54, 1.807) is 0 Å². The van der Waals surface area contributed by atoms with E-state index in [-0.39, 0.29) is 6.04 Å². The zero-order valence-electron chi connectivity index (χ0n) is 14.8. The predicted octanol–water partition coefficient (Wildman–Crippen LogP) is 2.02. The Hall–Kier alpha value is -1.26. The van der Waals surface area contributed by atoms with Crippen LogP contribution in [0.4, 0.5) is 0 Å². The second-order valence-electron chi connectivity index (χ2n) is 7.14. The van der Waals surface area contributed by atoms with E-state index in [1.807, 2.05) is 28.9 Å². The summed E-state index contributed by atoms with van der Waals surface area (Å²) in [7, 11) is -2.83. The number of nitrogens with one attached hydrogen (secondary N) is 1. The van der Waals surface area contributed by atoms with Crippen molar-refractivity contribution in [2.45, 2.75) is 19.1 Å². The van der Waals surface area contributed by atoms with E-state index in [9.17, 15) is 8.42 Å². The highest BCUT2D eigenvalue weighted by Crippen LogP contribution is 2.20. The van der Waals surface area contributed by atoms with Gasteiger partial charge in [-0.15, -0.1) is 0 Å². The third-order valence-electron chi connectivity index (χ3n) is 5.27. The number of H-pyrrole nitrogens is 1. The summed E-state index contributed by atoms with van der Waals surface area (Å²) in [5.74, 6) is 1.36. The van der Waals surface area contributed by atoms with Crippen LogP contribution >= 0.6 is 23.8 Å². The van der Waals surface area contributed by atoms with Crippen molar-refractivity contribution in [1.82, 2.24) is 24.6 Å². The second kappa shape index (κ2) is 7.63.